The molecule has 1 aliphatic rings. The first-order valence-corrected chi connectivity index (χ1v) is 8.96. The summed E-state index contributed by atoms with van der Waals surface area (Å²) in [6.07, 6.45) is 6.54. The Morgan fingerprint density at radius 1 is 1.35 bits per heavy atom. The van der Waals surface area contributed by atoms with Crippen LogP contribution in [0.15, 0.2) is 53.3 Å². The van der Waals surface area contributed by atoms with Gasteiger partial charge in [0, 0.05) is 35.4 Å². The van der Waals surface area contributed by atoms with Crippen LogP contribution in [0, 0.1) is 0 Å². The lowest BCUT2D eigenvalue weighted by atomic mass is 9.87. The Morgan fingerprint density at radius 2 is 2.13 bits per heavy atom. The van der Waals surface area contributed by atoms with Gasteiger partial charge in [-0.25, -0.2) is 0 Å². The summed E-state index contributed by atoms with van der Waals surface area (Å²) in [7, 11) is 0. The Balaban J connectivity index is 1.86. The highest BCUT2D eigenvalue weighted by atomic mass is 79.9. The van der Waals surface area contributed by atoms with Gasteiger partial charge in [0.2, 0.25) is 0 Å². The molecule has 2 heterocycles. The van der Waals surface area contributed by atoms with E-state index in [9.17, 15) is 4.79 Å². The first-order chi connectivity index (χ1) is 11.2. The number of carbonyl (C=O) groups excluding carboxylic acids is 1. The number of carbonyl (C=O) groups is 1. The lowest BCUT2D eigenvalue weighted by Crippen LogP contribution is -2.39. The van der Waals surface area contributed by atoms with E-state index in [1.165, 1.54) is 5.56 Å². The van der Waals surface area contributed by atoms with Crippen molar-refractivity contribution >= 4 is 21.8 Å². The number of amides is 1. The van der Waals surface area contributed by atoms with E-state index < -0.39 is 0 Å². The number of rotatable bonds is 4. The third kappa shape index (κ3) is 3.47. The first-order valence-electron chi connectivity index (χ1n) is 8.17. The molecule has 23 heavy (non-hydrogen) atoms. The summed E-state index contributed by atoms with van der Waals surface area (Å²) in [6, 6.07) is 12.7. The van der Waals surface area contributed by atoms with E-state index in [-0.39, 0.29) is 11.9 Å². The number of hydrogen-bond acceptors (Lipinski definition) is 2. The molecule has 0 bridgehead atoms. The van der Waals surface area contributed by atoms with Gasteiger partial charge in [-0.15, -0.1) is 0 Å². The number of hydrogen-bond donors (Lipinski definition) is 0. The van der Waals surface area contributed by atoms with Crippen LogP contribution in [0.1, 0.15) is 48.0 Å². The van der Waals surface area contributed by atoms with Crippen molar-refractivity contribution < 1.29 is 4.79 Å². The molecule has 0 radical (unpaired) electrons. The van der Waals surface area contributed by atoms with Crippen molar-refractivity contribution in [3.8, 4) is 0 Å². The number of benzene rings is 1. The molecule has 1 fully saturated rings. The molecule has 1 aromatic heterocycles. The average molecular weight is 373 g/mol. The Kier molecular flexibility index (Phi) is 5.11. The normalized spacial score (nSPS) is 18.9. The molecule has 0 aliphatic carbocycles. The van der Waals surface area contributed by atoms with Crippen LogP contribution in [0.3, 0.4) is 0 Å². The fraction of sp³-hybridized carbons (Fsp3) is 0.368. The fourth-order valence-electron chi connectivity index (χ4n) is 3.59. The summed E-state index contributed by atoms with van der Waals surface area (Å²) in [5.41, 5.74) is 1.99. The second kappa shape index (κ2) is 7.26. The van der Waals surface area contributed by atoms with E-state index in [1.54, 1.807) is 12.4 Å². The zero-order valence-corrected chi connectivity index (χ0v) is 14.9. The van der Waals surface area contributed by atoms with Crippen LogP contribution < -0.4 is 0 Å². The monoisotopic (exact) mass is 372 g/mol. The van der Waals surface area contributed by atoms with Crippen molar-refractivity contribution in [1.29, 1.82) is 0 Å². The fourth-order valence-corrected chi connectivity index (χ4v) is 3.95. The Morgan fingerprint density at radius 3 is 2.83 bits per heavy atom. The molecule has 3 nitrogen and oxygen atoms in total. The molecule has 0 saturated carbocycles. The summed E-state index contributed by atoms with van der Waals surface area (Å²) in [6.45, 7) is 3.04. The lowest BCUT2D eigenvalue weighted by molar-refractivity contribution is 0.0714. The van der Waals surface area contributed by atoms with Crippen molar-refractivity contribution in [2.45, 2.75) is 38.1 Å². The molecule has 1 saturated heterocycles. The molecule has 3 rings (SSSR count). The number of aromatic nitrogens is 1. The van der Waals surface area contributed by atoms with E-state index in [0.29, 0.717) is 11.5 Å². The van der Waals surface area contributed by atoms with Gasteiger partial charge >= 0.3 is 0 Å². The van der Waals surface area contributed by atoms with Crippen LogP contribution in [-0.2, 0) is 0 Å². The van der Waals surface area contributed by atoms with Gasteiger partial charge in [-0.2, -0.15) is 0 Å². The maximum absolute atomic E-state index is 12.9. The molecule has 4 heteroatoms. The van der Waals surface area contributed by atoms with Crippen molar-refractivity contribution in [3.05, 3.63) is 64.4 Å². The van der Waals surface area contributed by atoms with E-state index in [4.69, 9.17) is 0 Å². The zero-order valence-electron chi connectivity index (χ0n) is 13.3. The summed E-state index contributed by atoms with van der Waals surface area (Å²) >= 11 is 3.40. The van der Waals surface area contributed by atoms with Gasteiger partial charge in [-0.3, -0.25) is 9.78 Å². The Bertz CT molecular complexity index is 674. The maximum Gasteiger partial charge on any atom is 0.255 e. The van der Waals surface area contributed by atoms with Crippen molar-refractivity contribution in [2.75, 3.05) is 6.54 Å². The zero-order chi connectivity index (χ0) is 16.2. The van der Waals surface area contributed by atoms with E-state index in [2.05, 4.69) is 52.1 Å². The summed E-state index contributed by atoms with van der Waals surface area (Å²) in [5.74, 6) is 0.485. The average Bonchev–Trinajstić information content (AvgIpc) is 3.05. The quantitative estimate of drug-likeness (QED) is 0.782. The van der Waals surface area contributed by atoms with Crippen molar-refractivity contribution in [2.24, 2.45) is 0 Å². The second-order valence-corrected chi connectivity index (χ2v) is 6.94. The van der Waals surface area contributed by atoms with Gasteiger partial charge in [-0.05, 0) is 46.8 Å². The van der Waals surface area contributed by atoms with E-state index >= 15 is 0 Å². The largest absolute Gasteiger partial charge is 0.335 e. The van der Waals surface area contributed by atoms with Crippen molar-refractivity contribution in [1.82, 2.24) is 9.88 Å². The van der Waals surface area contributed by atoms with Gasteiger partial charge in [0.15, 0.2) is 0 Å². The Hall–Kier alpha value is -1.68. The molecular weight excluding hydrogens is 352 g/mol. The molecule has 1 aromatic carbocycles. The third-order valence-corrected chi connectivity index (χ3v) is 5.08. The highest BCUT2D eigenvalue weighted by Crippen LogP contribution is 2.34. The van der Waals surface area contributed by atoms with Gasteiger partial charge in [0.05, 0.1) is 5.56 Å². The highest BCUT2D eigenvalue weighted by molar-refractivity contribution is 9.10. The highest BCUT2D eigenvalue weighted by Gasteiger charge is 2.35. The molecule has 1 amide bonds. The minimum Gasteiger partial charge on any atom is -0.335 e. The van der Waals surface area contributed by atoms with Crippen molar-refractivity contribution in [3.63, 3.8) is 0 Å². The van der Waals surface area contributed by atoms with Crippen LogP contribution in [0.4, 0.5) is 0 Å². The second-order valence-electron chi connectivity index (χ2n) is 6.03. The molecular formula is C19H21BrN2O. The molecule has 2 aromatic rings. The lowest BCUT2D eigenvalue weighted by Gasteiger charge is -2.31. The van der Waals surface area contributed by atoms with E-state index in [1.807, 2.05) is 17.0 Å². The number of nitrogens with zero attached hydrogens (tertiary/aromatic N) is 2. The summed E-state index contributed by atoms with van der Waals surface area (Å²) in [4.78, 5) is 19.1. The predicted molar refractivity (Wildman–Crippen MR) is 95.5 cm³/mol. The van der Waals surface area contributed by atoms with Gasteiger partial charge in [0.1, 0.15) is 0 Å². The first kappa shape index (κ1) is 16.2. The standard InChI is InChI=1S/C19H21BrN2O/c1-2-17(14-7-4-3-5-8-14)18-9-6-10-22(18)19(23)15-11-16(20)13-21-12-15/h3-5,7-8,11-13,17-18H,2,6,9-10H2,1H3/t17-,18-/m0/s1. The van der Waals surface area contributed by atoms with Crippen LogP contribution >= 0.6 is 15.9 Å². The van der Waals surface area contributed by atoms with E-state index in [0.717, 1.165) is 30.3 Å². The smallest absolute Gasteiger partial charge is 0.255 e. The molecule has 0 N–H and O–H groups in total. The number of halogens is 1. The SMILES string of the molecule is CC[C@@H](c1ccccc1)[C@@H]1CCCN1C(=O)c1cncc(Br)c1. The Labute approximate surface area is 145 Å². The number of pyridine rings is 1. The minimum absolute atomic E-state index is 0.0932. The summed E-state index contributed by atoms with van der Waals surface area (Å²) in [5, 5.41) is 0. The molecule has 0 spiro atoms. The third-order valence-electron chi connectivity index (χ3n) is 4.64. The summed E-state index contributed by atoms with van der Waals surface area (Å²) < 4.78 is 0.842. The number of likely N-dealkylation sites (tertiary alicyclic amines) is 1. The van der Waals surface area contributed by atoms with Crippen LogP contribution in [0.25, 0.3) is 0 Å². The predicted octanol–water partition coefficient (Wildman–Crippen LogP) is 4.64. The topological polar surface area (TPSA) is 33.2 Å². The van der Waals surface area contributed by atoms with Crippen LogP contribution in [-0.4, -0.2) is 28.4 Å². The molecule has 0 unspecified atom stereocenters. The van der Waals surface area contributed by atoms with Gasteiger partial charge in [-0.1, -0.05) is 37.3 Å². The van der Waals surface area contributed by atoms with Crippen LogP contribution in [0.2, 0.25) is 0 Å². The maximum atomic E-state index is 12.9. The van der Waals surface area contributed by atoms with Gasteiger partial charge < -0.3 is 4.90 Å². The molecule has 120 valence electrons. The molecule has 1 aliphatic heterocycles. The van der Waals surface area contributed by atoms with Gasteiger partial charge in [0.25, 0.3) is 5.91 Å². The van der Waals surface area contributed by atoms with Crippen LogP contribution in [0.5, 0.6) is 0 Å². The molecule has 2 atom stereocenters. The minimum atomic E-state index is 0.0932.